The Morgan fingerprint density at radius 1 is 1.27 bits per heavy atom. The van der Waals surface area contributed by atoms with Crippen molar-refractivity contribution in [1.82, 2.24) is 0 Å². The summed E-state index contributed by atoms with van der Waals surface area (Å²) in [6, 6.07) is 12.1. The molecule has 1 N–H and O–H groups in total. The second kappa shape index (κ2) is 8.10. The van der Waals surface area contributed by atoms with E-state index in [1.807, 2.05) is 6.92 Å². The van der Waals surface area contributed by atoms with Crippen LogP contribution in [0.4, 0.5) is 11.4 Å². The van der Waals surface area contributed by atoms with E-state index in [4.69, 9.17) is 21.1 Å². The number of anilines is 2. The molecule has 0 saturated carbocycles. The molecule has 0 saturated heterocycles. The van der Waals surface area contributed by atoms with Crippen molar-refractivity contribution in [2.75, 3.05) is 30.0 Å². The van der Waals surface area contributed by atoms with Crippen molar-refractivity contribution in [3.8, 4) is 11.5 Å². The van der Waals surface area contributed by atoms with Crippen LogP contribution >= 0.6 is 11.6 Å². The van der Waals surface area contributed by atoms with Crippen molar-refractivity contribution >= 4 is 34.8 Å². The molecule has 1 heterocycles. The largest absolute Gasteiger partial charge is 0.494 e. The number of rotatable bonds is 6. The molecule has 0 aromatic heterocycles. The summed E-state index contributed by atoms with van der Waals surface area (Å²) in [6.45, 7) is 2.45. The zero-order valence-electron chi connectivity index (χ0n) is 14.3. The smallest absolute Gasteiger partial charge is 0.265 e. The van der Waals surface area contributed by atoms with Gasteiger partial charge in [0.05, 0.1) is 12.3 Å². The van der Waals surface area contributed by atoms with Gasteiger partial charge in [-0.2, -0.15) is 0 Å². The molecule has 0 aliphatic carbocycles. The van der Waals surface area contributed by atoms with Crippen LogP contribution in [0.3, 0.4) is 0 Å². The SMILES string of the molecule is CCCOc1ccc(NC(=O)CN2C(=O)COc3ccc(Cl)cc32)cc1. The lowest BCUT2D eigenvalue weighted by Crippen LogP contribution is -2.43. The van der Waals surface area contributed by atoms with Crippen LogP contribution in [-0.2, 0) is 9.59 Å². The standard InChI is InChI=1S/C19H19ClN2O4/c1-2-9-25-15-6-4-14(5-7-15)21-18(23)11-22-16-10-13(20)3-8-17(16)26-12-19(22)24/h3-8,10H,2,9,11-12H2,1H3,(H,21,23). The highest BCUT2D eigenvalue weighted by molar-refractivity contribution is 6.31. The number of amides is 2. The summed E-state index contributed by atoms with van der Waals surface area (Å²) in [6.07, 6.45) is 0.928. The second-order valence-electron chi connectivity index (χ2n) is 5.80. The second-order valence-corrected chi connectivity index (χ2v) is 6.24. The molecule has 2 amide bonds. The Morgan fingerprint density at radius 3 is 2.77 bits per heavy atom. The van der Waals surface area contributed by atoms with Gasteiger partial charge in [0, 0.05) is 10.7 Å². The minimum atomic E-state index is -0.312. The number of hydrogen-bond acceptors (Lipinski definition) is 4. The molecule has 0 radical (unpaired) electrons. The van der Waals surface area contributed by atoms with Gasteiger partial charge in [0.25, 0.3) is 5.91 Å². The Bertz CT molecular complexity index is 808. The van der Waals surface area contributed by atoms with Crippen LogP contribution in [0.15, 0.2) is 42.5 Å². The maximum atomic E-state index is 12.4. The van der Waals surface area contributed by atoms with E-state index in [1.54, 1.807) is 42.5 Å². The van der Waals surface area contributed by atoms with Gasteiger partial charge in [-0.05, 0) is 48.9 Å². The van der Waals surface area contributed by atoms with E-state index in [9.17, 15) is 9.59 Å². The highest BCUT2D eigenvalue weighted by atomic mass is 35.5. The molecule has 1 aliphatic heterocycles. The fourth-order valence-electron chi connectivity index (χ4n) is 2.55. The molecule has 3 rings (SSSR count). The average Bonchev–Trinajstić information content (AvgIpc) is 2.63. The van der Waals surface area contributed by atoms with E-state index in [-0.39, 0.29) is 25.0 Å². The van der Waals surface area contributed by atoms with Gasteiger partial charge in [-0.25, -0.2) is 0 Å². The van der Waals surface area contributed by atoms with Gasteiger partial charge in [-0.3, -0.25) is 14.5 Å². The highest BCUT2D eigenvalue weighted by Crippen LogP contribution is 2.34. The molecule has 0 fully saturated rings. The Hall–Kier alpha value is -2.73. The number of halogens is 1. The molecule has 0 unspecified atom stereocenters. The lowest BCUT2D eigenvalue weighted by Gasteiger charge is -2.29. The zero-order valence-corrected chi connectivity index (χ0v) is 15.1. The molecule has 136 valence electrons. The first kappa shape index (κ1) is 18.1. The maximum Gasteiger partial charge on any atom is 0.265 e. The summed E-state index contributed by atoms with van der Waals surface area (Å²) in [5.74, 6) is 0.669. The van der Waals surface area contributed by atoms with Crippen LogP contribution in [0, 0.1) is 0 Å². The van der Waals surface area contributed by atoms with E-state index in [1.165, 1.54) is 4.90 Å². The van der Waals surface area contributed by atoms with E-state index < -0.39 is 0 Å². The van der Waals surface area contributed by atoms with E-state index in [0.29, 0.717) is 28.8 Å². The summed E-state index contributed by atoms with van der Waals surface area (Å²) < 4.78 is 10.9. The Morgan fingerprint density at radius 2 is 2.04 bits per heavy atom. The zero-order chi connectivity index (χ0) is 18.5. The van der Waals surface area contributed by atoms with Crippen LogP contribution in [-0.4, -0.2) is 31.6 Å². The lowest BCUT2D eigenvalue weighted by molar-refractivity contribution is -0.123. The third-order valence-corrected chi connectivity index (χ3v) is 4.01. The quantitative estimate of drug-likeness (QED) is 0.840. The normalized spacial score (nSPS) is 13.0. The van der Waals surface area contributed by atoms with Crippen molar-refractivity contribution in [3.05, 3.63) is 47.5 Å². The van der Waals surface area contributed by atoms with Gasteiger partial charge in [-0.15, -0.1) is 0 Å². The van der Waals surface area contributed by atoms with E-state index in [2.05, 4.69) is 5.32 Å². The molecule has 0 spiro atoms. The number of nitrogens with one attached hydrogen (secondary N) is 1. The molecule has 7 heteroatoms. The van der Waals surface area contributed by atoms with Crippen LogP contribution in [0.5, 0.6) is 11.5 Å². The number of carbonyl (C=O) groups excluding carboxylic acids is 2. The number of ether oxygens (including phenoxy) is 2. The molecular weight excluding hydrogens is 356 g/mol. The number of hydrogen-bond donors (Lipinski definition) is 1. The molecule has 26 heavy (non-hydrogen) atoms. The molecule has 2 aromatic carbocycles. The van der Waals surface area contributed by atoms with Crippen LogP contribution in [0.1, 0.15) is 13.3 Å². The summed E-state index contributed by atoms with van der Waals surface area (Å²) in [7, 11) is 0. The minimum absolute atomic E-state index is 0.106. The lowest BCUT2D eigenvalue weighted by atomic mass is 10.2. The maximum absolute atomic E-state index is 12.4. The summed E-state index contributed by atoms with van der Waals surface area (Å²) in [5.41, 5.74) is 1.12. The van der Waals surface area contributed by atoms with Crippen LogP contribution < -0.4 is 19.7 Å². The number of carbonyl (C=O) groups is 2. The van der Waals surface area contributed by atoms with Crippen molar-refractivity contribution in [2.45, 2.75) is 13.3 Å². The van der Waals surface area contributed by atoms with Crippen LogP contribution in [0.25, 0.3) is 0 Å². The molecule has 0 atom stereocenters. The summed E-state index contributed by atoms with van der Waals surface area (Å²) in [4.78, 5) is 25.9. The van der Waals surface area contributed by atoms with E-state index in [0.717, 1.165) is 12.2 Å². The highest BCUT2D eigenvalue weighted by Gasteiger charge is 2.27. The number of benzene rings is 2. The first-order valence-electron chi connectivity index (χ1n) is 8.32. The van der Waals surface area contributed by atoms with Gasteiger partial charge >= 0.3 is 0 Å². The van der Waals surface area contributed by atoms with Gasteiger partial charge < -0.3 is 14.8 Å². The van der Waals surface area contributed by atoms with Crippen LogP contribution in [0.2, 0.25) is 5.02 Å². The third kappa shape index (κ3) is 4.26. The van der Waals surface area contributed by atoms with Crippen molar-refractivity contribution in [1.29, 1.82) is 0 Å². The first-order valence-corrected chi connectivity index (χ1v) is 8.70. The Kier molecular flexibility index (Phi) is 5.63. The fraction of sp³-hybridized carbons (Fsp3) is 0.263. The van der Waals surface area contributed by atoms with Gasteiger partial charge in [0.15, 0.2) is 6.61 Å². The molecule has 0 bridgehead atoms. The molecule has 2 aromatic rings. The predicted octanol–water partition coefficient (Wildman–Crippen LogP) is 3.49. The monoisotopic (exact) mass is 374 g/mol. The van der Waals surface area contributed by atoms with Gasteiger partial charge in [-0.1, -0.05) is 18.5 Å². The first-order chi connectivity index (χ1) is 12.6. The fourth-order valence-corrected chi connectivity index (χ4v) is 2.71. The Labute approximate surface area is 156 Å². The minimum Gasteiger partial charge on any atom is -0.494 e. The molecular formula is C19H19ClN2O4. The number of nitrogens with zero attached hydrogens (tertiary/aromatic N) is 1. The predicted molar refractivity (Wildman–Crippen MR) is 100 cm³/mol. The van der Waals surface area contributed by atoms with Gasteiger partial charge in [0.1, 0.15) is 18.0 Å². The van der Waals surface area contributed by atoms with E-state index >= 15 is 0 Å². The van der Waals surface area contributed by atoms with Crippen molar-refractivity contribution in [2.24, 2.45) is 0 Å². The van der Waals surface area contributed by atoms with Crippen molar-refractivity contribution in [3.63, 3.8) is 0 Å². The summed E-state index contributed by atoms with van der Waals surface area (Å²) in [5, 5.41) is 3.24. The van der Waals surface area contributed by atoms with Gasteiger partial charge in [0.2, 0.25) is 5.91 Å². The Balaban J connectivity index is 1.66. The number of fused-ring (bicyclic) bond motifs is 1. The third-order valence-electron chi connectivity index (χ3n) is 3.78. The topological polar surface area (TPSA) is 67.9 Å². The summed E-state index contributed by atoms with van der Waals surface area (Å²) >= 11 is 6.00. The molecule has 1 aliphatic rings. The average molecular weight is 375 g/mol. The molecule has 6 nitrogen and oxygen atoms in total. The van der Waals surface area contributed by atoms with Crippen molar-refractivity contribution < 1.29 is 19.1 Å².